The number of aromatic nitrogens is 1. The van der Waals surface area contributed by atoms with Crippen LogP contribution in [0.25, 0.3) is 5.76 Å². The molecule has 1 saturated heterocycles. The van der Waals surface area contributed by atoms with Crippen LogP contribution < -0.4 is 14.2 Å². The quantitative estimate of drug-likeness (QED) is 0.295. The number of aliphatic hydroxyl groups excluding tert-OH is 1. The molecule has 35 heavy (non-hydrogen) atoms. The summed E-state index contributed by atoms with van der Waals surface area (Å²) in [6.45, 7) is 0.131. The van der Waals surface area contributed by atoms with Gasteiger partial charge in [-0.1, -0.05) is 29.8 Å². The minimum Gasteiger partial charge on any atom is -0.507 e. The van der Waals surface area contributed by atoms with Crippen LogP contribution in [0.15, 0.2) is 66.5 Å². The number of pyridine rings is 1. The predicted molar refractivity (Wildman–Crippen MR) is 130 cm³/mol. The molecule has 1 unspecified atom stereocenters. The summed E-state index contributed by atoms with van der Waals surface area (Å²) in [5.41, 5.74) is 1.44. The zero-order valence-corrected chi connectivity index (χ0v) is 20.1. The largest absolute Gasteiger partial charge is 0.507 e. The summed E-state index contributed by atoms with van der Waals surface area (Å²) in [6.07, 6.45) is 3.15. The standard InChI is InChI=1S/C26H23ClN2O6/c1-33-17-8-6-15(7-9-17)14-29-23(16-5-4-10-28-13-16)22(25(31)26(29)32)24(30)18-11-21(35-3)19(27)12-20(18)34-2/h4-13,23,30H,14H2,1-3H3/b24-22+. The summed E-state index contributed by atoms with van der Waals surface area (Å²) < 4.78 is 15.9. The van der Waals surface area contributed by atoms with Crippen LogP contribution in [0.1, 0.15) is 22.7 Å². The Balaban J connectivity index is 1.87. The van der Waals surface area contributed by atoms with Gasteiger partial charge in [-0.05, 0) is 35.4 Å². The lowest BCUT2D eigenvalue weighted by molar-refractivity contribution is -0.140. The Bertz CT molecular complexity index is 1290. The van der Waals surface area contributed by atoms with Gasteiger partial charge in [0, 0.05) is 25.0 Å². The van der Waals surface area contributed by atoms with Gasteiger partial charge >= 0.3 is 0 Å². The van der Waals surface area contributed by atoms with Crippen molar-refractivity contribution in [2.75, 3.05) is 21.3 Å². The Kier molecular flexibility index (Phi) is 6.93. The number of ketones is 1. The van der Waals surface area contributed by atoms with Crippen molar-refractivity contribution in [3.05, 3.63) is 88.2 Å². The fraction of sp³-hybridized carbons (Fsp3) is 0.192. The minimum atomic E-state index is -0.878. The fourth-order valence-electron chi connectivity index (χ4n) is 4.05. The maximum absolute atomic E-state index is 13.3. The van der Waals surface area contributed by atoms with Crippen molar-refractivity contribution in [2.45, 2.75) is 12.6 Å². The van der Waals surface area contributed by atoms with E-state index < -0.39 is 23.5 Å². The van der Waals surface area contributed by atoms with Crippen LogP contribution in [-0.4, -0.2) is 48.0 Å². The number of hydrogen-bond acceptors (Lipinski definition) is 7. The van der Waals surface area contributed by atoms with Gasteiger partial charge in [0.15, 0.2) is 0 Å². The van der Waals surface area contributed by atoms with Crippen molar-refractivity contribution in [3.8, 4) is 17.2 Å². The molecule has 0 bridgehead atoms. The van der Waals surface area contributed by atoms with Crippen molar-refractivity contribution in [1.29, 1.82) is 0 Å². The van der Waals surface area contributed by atoms with Crippen molar-refractivity contribution < 1.29 is 28.9 Å². The van der Waals surface area contributed by atoms with Crippen LogP contribution in [0.5, 0.6) is 17.2 Å². The van der Waals surface area contributed by atoms with E-state index in [0.717, 1.165) is 5.56 Å². The molecule has 3 aromatic rings. The fourth-order valence-corrected chi connectivity index (χ4v) is 4.28. The molecule has 1 aromatic heterocycles. The number of halogens is 1. The average molecular weight is 495 g/mol. The number of hydrogen-bond donors (Lipinski definition) is 1. The number of rotatable bonds is 7. The Morgan fingerprint density at radius 1 is 1.03 bits per heavy atom. The Morgan fingerprint density at radius 3 is 2.34 bits per heavy atom. The number of benzene rings is 2. The second-order valence-corrected chi connectivity index (χ2v) is 8.16. The molecule has 0 saturated carbocycles. The number of carbonyl (C=O) groups is 2. The normalized spacial score (nSPS) is 16.9. The van der Waals surface area contributed by atoms with E-state index in [1.54, 1.807) is 43.8 Å². The summed E-state index contributed by atoms with van der Waals surface area (Å²) in [7, 11) is 4.41. The summed E-state index contributed by atoms with van der Waals surface area (Å²) >= 11 is 6.21. The molecule has 0 aliphatic carbocycles. The van der Waals surface area contributed by atoms with Crippen LogP contribution in [0, 0.1) is 0 Å². The van der Waals surface area contributed by atoms with E-state index in [0.29, 0.717) is 11.3 Å². The van der Waals surface area contributed by atoms with Gasteiger partial charge in [0.25, 0.3) is 11.7 Å². The zero-order chi connectivity index (χ0) is 25.1. The second kappa shape index (κ2) is 10.1. The first kappa shape index (κ1) is 24.1. The van der Waals surface area contributed by atoms with E-state index in [9.17, 15) is 14.7 Å². The van der Waals surface area contributed by atoms with Gasteiger partial charge in [-0.25, -0.2) is 0 Å². The van der Waals surface area contributed by atoms with Crippen molar-refractivity contribution in [3.63, 3.8) is 0 Å². The topological polar surface area (TPSA) is 98.2 Å². The molecule has 8 nitrogen and oxygen atoms in total. The molecular weight excluding hydrogens is 472 g/mol. The third-order valence-corrected chi connectivity index (χ3v) is 6.08. The third kappa shape index (κ3) is 4.52. The van der Waals surface area contributed by atoms with Crippen LogP contribution in [0.4, 0.5) is 0 Å². The first-order valence-electron chi connectivity index (χ1n) is 10.6. The molecule has 1 aliphatic heterocycles. The molecular formula is C26H23ClN2O6. The van der Waals surface area contributed by atoms with Gasteiger partial charge in [-0.2, -0.15) is 0 Å². The predicted octanol–water partition coefficient (Wildman–Crippen LogP) is 4.38. The van der Waals surface area contributed by atoms with Crippen molar-refractivity contribution >= 4 is 29.1 Å². The van der Waals surface area contributed by atoms with Crippen LogP contribution >= 0.6 is 11.6 Å². The number of Topliss-reactive ketones (excluding diaryl/α,β-unsaturated/α-hetero) is 1. The van der Waals surface area contributed by atoms with Gasteiger partial charge in [0.2, 0.25) is 0 Å². The Hall–Kier alpha value is -4.04. The van der Waals surface area contributed by atoms with Crippen molar-refractivity contribution in [1.82, 2.24) is 9.88 Å². The molecule has 0 radical (unpaired) electrons. The lowest BCUT2D eigenvalue weighted by atomic mass is 9.95. The first-order valence-corrected chi connectivity index (χ1v) is 11.0. The number of nitrogens with zero attached hydrogens (tertiary/aromatic N) is 2. The van der Waals surface area contributed by atoms with Crippen LogP contribution in [0.3, 0.4) is 0 Å². The Labute approximate surface area is 207 Å². The summed E-state index contributed by atoms with van der Waals surface area (Å²) in [5.74, 6) is -0.791. The van der Waals surface area contributed by atoms with E-state index >= 15 is 0 Å². The third-order valence-electron chi connectivity index (χ3n) is 5.78. The molecule has 180 valence electrons. The van der Waals surface area contributed by atoms with Gasteiger partial charge in [-0.15, -0.1) is 0 Å². The molecule has 1 aliphatic rings. The molecule has 1 amide bonds. The average Bonchev–Trinajstić information content (AvgIpc) is 3.14. The van der Waals surface area contributed by atoms with Gasteiger partial charge in [0.1, 0.15) is 23.0 Å². The number of likely N-dealkylation sites (tertiary alicyclic amines) is 1. The number of ether oxygens (including phenoxy) is 3. The van der Waals surface area contributed by atoms with Crippen LogP contribution in [-0.2, 0) is 16.1 Å². The maximum atomic E-state index is 13.3. The molecule has 0 spiro atoms. The number of carbonyl (C=O) groups excluding carboxylic acids is 2. The van der Waals surface area contributed by atoms with Gasteiger partial charge in [0.05, 0.1) is 43.5 Å². The number of aliphatic hydroxyl groups is 1. The summed E-state index contributed by atoms with van der Waals surface area (Å²) in [5, 5.41) is 11.6. The smallest absolute Gasteiger partial charge is 0.295 e. The highest BCUT2D eigenvalue weighted by molar-refractivity contribution is 6.46. The molecule has 4 rings (SSSR count). The van der Waals surface area contributed by atoms with Crippen molar-refractivity contribution in [2.24, 2.45) is 0 Å². The summed E-state index contributed by atoms with van der Waals surface area (Å²) in [6, 6.07) is 12.7. The van der Waals surface area contributed by atoms with E-state index in [2.05, 4.69) is 4.98 Å². The van der Waals surface area contributed by atoms with E-state index in [1.165, 1.54) is 31.3 Å². The molecule has 1 fully saturated rings. The maximum Gasteiger partial charge on any atom is 0.295 e. The van der Waals surface area contributed by atoms with E-state index in [1.807, 2.05) is 12.1 Å². The highest BCUT2D eigenvalue weighted by Gasteiger charge is 2.46. The molecule has 1 atom stereocenters. The highest BCUT2D eigenvalue weighted by atomic mass is 35.5. The molecule has 2 heterocycles. The monoisotopic (exact) mass is 494 g/mol. The van der Waals surface area contributed by atoms with Gasteiger partial charge < -0.3 is 24.2 Å². The van der Waals surface area contributed by atoms with E-state index in [4.69, 9.17) is 25.8 Å². The molecule has 2 aromatic carbocycles. The Morgan fingerprint density at radius 2 is 1.74 bits per heavy atom. The number of amides is 1. The highest BCUT2D eigenvalue weighted by Crippen LogP contribution is 2.43. The zero-order valence-electron chi connectivity index (χ0n) is 19.3. The molecule has 1 N–H and O–H groups in total. The molecule has 9 heteroatoms. The number of methoxy groups -OCH3 is 3. The minimum absolute atomic E-state index is 0.0841. The lowest BCUT2D eigenvalue weighted by Gasteiger charge is -2.25. The second-order valence-electron chi connectivity index (χ2n) is 7.75. The lowest BCUT2D eigenvalue weighted by Crippen LogP contribution is -2.29. The van der Waals surface area contributed by atoms with Crippen LogP contribution in [0.2, 0.25) is 5.02 Å². The summed E-state index contributed by atoms with van der Waals surface area (Å²) in [4.78, 5) is 32.0. The SMILES string of the molecule is COc1ccc(CN2C(=O)C(=O)/C(=C(/O)c3cc(OC)c(Cl)cc3OC)C2c2cccnc2)cc1. The van der Waals surface area contributed by atoms with Gasteiger partial charge in [-0.3, -0.25) is 14.6 Å². The first-order chi connectivity index (χ1) is 16.9. The van der Waals surface area contributed by atoms with E-state index in [-0.39, 0.29) is 34.2 Å².